The first-order valence-electron chi connectivity index (χ1n) is 6.10. The Morgan fingerprint density at radius 1 is 1.35 bits per heavy atom. The quantitative estimate of drug-likeness (QED) is 0.786. The van der Waals surface area contributed by atoms with Crippen molar-refractivity contribution in [2.45, 2.75) is 6.54 Å². The Morgan fingerprint density at radius 3 is 2.70 bits per heavy atom. The smallest absolute Gasteiger partial charge is 0.176 e. The van der Waals surface area contributed by atoms with Crippen molar-refractivity contribution in [3.05, 3.63) is 53.6 Å². The number of nitrogens with zero attached hydrogens (tertiary/aromatic N) is 3. The van der Waals surface area contributed by atoms with Crippen LogP contribution in [0.4, 0.5) is 8.78 Å². The largest absolute Gasteiger partial charge is 0.337 e. The zero-order valence-corrected chi connectivity index (χ0v) is 11.3. The van der Waals surface area contributed by atoms with Crippen LogP contribution in [0.15, 0.2) is 30.6 Å². The van der Waals surface area contributed by atoms with E-state index >= 15 is 0 Å². The Hall–Kier alpha value is -2.08. The maximum Gasteiger partial charge on any atom is 0.176 e. The van der Waals surface area contributed by atoms with Crippen LogP contribution in [0.3, 0.4) is 0 Å². The highest BCUT2D eigenvalue weighted by molar-refractivity contribution is 5.97. The molecule has 1 aromatic carbocycles. The van der Waals surface area contributed by atoms with E-state index in [-0.39, 0.29) is 17.9 Å². The lowest BCUT2D eigenvalue weighted by Crippen LogP contribution is -2.27. The molecule has 0 saturated heterocycles. The number of ketones is 1. The number of aryl methyl sites for hydroxylation is 1. The summed E-state index contributed by atoms with van der Waals surface area (Å²) in [6, 6.07) is 3.17. The third-order valence-electron chi connectivity index (χ3n) is 2.99. The van der Waals surface area contributed by atoms with Gasteiger partial charge in [-0.25, -0.2) is 13.8 Å². The van der Waals surface area contributed by atoms with Gasteiger partial charge in [0.1, 0.15) is 5.82 Å². The molecule has 0 N–H and O–H groups in total. The lowest BCUT2D eigenvalue weighted by atomic mass is 10.1. The van der Waals surface area contributed by atoms with Crippen molar-refractivity contribution in [3.63, 3.8) is 0 Å². The van der Waals surface area contributed by atoms with Gasteiger partial charge in [-0.2, -0.15) is 0 Å². The van der Waals surface area contributed by atoms with Gasteiger partial charge in [0.15, 0.2) is 17.4 Å². The van der Waals surface area contributed by atoms with Crippen LogP contribution in [-0.2, 0) is 13.6 Å². The van der Waals surface area contributed by atoms with Crippen LogP contribution in [0.2, 0.25) is 0 Å². The van der Waals surface area contributed by atoms with E-state index in [4.69, 9.17) is 0 Å². The van der Waals surface area contributed by atoms with E-state index in [1.165, 1.54) is 6.07 Å². The molecule has 0 radical (unpaired) electrons. The lowest BCUT2D eigenvalue weighted by molar-refractivity contribution is 0.0941. The molecule has 20 heavy (non-hydrogen) atoms. The van der Waals surface area contributed by atoms with Gasteiger partial charge in [-0.15, -0.1) is 0 Å². The summed E-state index contributed by atoms with van der Waals surface area (Å²) in [5, 5.41) is 0. The average molecular weight is 279 g/mol. The van der Waals surface area contributed by atoms with Crippen LogP contribution >= 0.6 is 0 Å². The van der Waals surface area contributed by atoms with Gasteiger partial charge in [0, 0.05) is 25.0 Å². The molecular formula is C14H15F2N3O. The molecule has 2 rings (SSSR count). The maximum atomic E-state index is 13.1. The van der Waals surface area contributed by atoms with Crippen molar-refractivity contribution in [1.29, 1.82) is 0 Å². The van der Waals surface area contributed by atoms with Crippen molar-refractivity contribution in [1.82, 2.24) is 14.5 Å². The fraction of sp³-hybridized carbons (Fsp3) is 0.286. The second kappa shape index (κ2) is 5.92. The van der Waals surface area contributed by atoms with E-state index in [0.29, 0.717) is 6.54 Å². The average Bonchev–Trinajstić information content (AvgIpc) is 2.78. The number of rotatable bonds is 5. The molecule has 1 heterocycles. The number of Topliss-reactive ketones (excluding diaryl/α,β-unsaturated/α-hetero) is 1. The second-order valence-electron chi connectivity index (χ2n) is 4.68. The van der Waals surface area contributed by atoms with Gasteiger partial charge in [0.05, 0.1) is 13.1 Å². The van der Waals surface area contributed by atoms with Gasteiger partial charge in [-0.3, -0.25) is 9.69 Å². The van der Waals surface area contributed by atoms with Crippen molar-refractivity contribution < 1.29 is 13.6 Å². The van der Waals surface area contributed by atoms with Gasteiger partial charge in [0.2, 0.25) is 0 Å². The first-order valence-corrected chi connectivity index (χ1v) is 6.10. The second-order valence-corrected chi connectivity index (χ2v) is 4.68. The molecule has 0 fully saturated rings. The van der Waals surface area contributed by atoms with Crippen LogP contribution in [0, 0.1) is 11.6 Å². The summed E-state index contributed by atoms with van der Waals surface area (Å²) in [6.07, 6.45) is 3.50. The van der Waals surface area contributed by atoms with Gasteiger partial charge in [0.25, 0.3) is 0 Å². The monoisotopic (exact) mass is 279 g/mol. The molecule has 0 unspecified atom stereocenters. The molecule has 0 bridgehead atoms. The minimum absolute atomic E-state index is 0.109. The molecule has 4 nitrogen and oxygen atoms in total. The SMILES string of the molecule is CN(CC(=O)c1ccc(F)c(F)c1)Cc1nccn1C. The summed E-state index contributed by atoms with van der Waals surface area (Å²) in [7, 11) is 3.64. The third kappa shape index (κ3) is 3.27. The summed E-state index contributed by atoms with van der Waals surface area (Å²) >= 11 is 0. The minimum atomic E-state index is -1.01. The lowest BCUT2D eigenvalue weighted by Gasteiger charge is -2.15. The topological polar surface area (TPSA) is 38.1 Å². The molecule has 0 atom stereocenters. The highest BCUT2D eigenvalue weighted by Crippen LogP contribution is 2.10. The maximum absolute atomic E-state index is 13.1. The van der Waals surface area contributed by atoms with Crippen molar-refractivity contribution in [2.24, 2.45) is 7.05 Å². The molecule has 0 saturated carbocycles. The minimum Gasteiger partial charge on any atom is -0.337 e. The number of aromatic nitrogens is 2. The number of benzene rings is 1. The third-order valence-corrected chi connectivity index (χ3v) is 2.99. The highest BCUT2D eigenvalue weighted by atomic mass is 19.2. The number of halogens is 2. The number of likely N-dealkylation sites (N-methyl/N-ethyl adjacent to an activating group) is 1. The molecule has 0 spiro atoms. The molecule has 1 aromatic heterocycles. The van der Waals surface area contributed by atoms with Crippen LogP contribution in [-0.4, -0.2) is 33.8 Å². The predicted octanol–water partition coefficient (Wildman–Crippen LogP) is 2.01. The summed E-state index contributed by atoms with van der Waals surface area (Å²) in [5.41, 5.74) is 0.163. The van der Waals surface area contributed by atoms with E-state index in [1.54, 1.807) is 18.1 Å². The number of carbonyl (C=O) groups is 1. The van der Waals surface area contributed by atoms with Crippen molar-refractivity contribution >= 4 is 5.78 Å². The van der Waals surface area contributed by atoms with E-state index in [2.05, 4.69) is 4.98 Å². The molecule has 2 aromatic rings. The molecule has 0 aliphatic carbocycles. The fourth-order valence-corrected chi connectivity index (χ4v) is 1.85. The highest BCUT2D eigenvalue weighted by Gasteiger charge is 2.13. The summed E-state index contributed by atoms with van der Waals surface area (Å²) < 4.78 is 27.8. The van der Waals surface area contributed by atoms with Crippen molar-refractivity contribution in [2.75, 3.05) is 13.6 Å². The fourth-order valence-electron chi connectivity index (χ4n) is 1.85. The zero-order valence-electron chi connectivity index (χ0n) is 11.3. The molecule has 6 heteroatoms. The van der Waals surface area contributed by atoms with Crippen LogP contribution in [0.1, 0.15) is 16.2 Å². The normalized spacial score (nSPS) is 11.1. The predicted molar refractivity (Wildman–Crippen MR) is 70.2 cm³/mol. The first-order chi connectivity index (χ1) is 9.47. The molecule has 0 aliphatic heterocycles. The number of hydrogen-bond donors (Lipinski definition) is 0. The summed E-state index contributed by atoms with van der Waals surface area (Å²) in [6.45, 7) is 0.608. The van der Waals surface area contributed by atoms with Crippen LogP contribution < -0.4 is 0 Å². The first kappa shape index (κ1) is 14.3. The number of carbonyl (C=O) groups excluding carboxylic acids is 1. The Bertz CT molecular complexity index is 625. The Labute approximate surface area is 115 Å². The standard InChI is InChI=1S/C14H15F2N3O/c1-18(9-14-17-5-6-19(14)2)8-13(20)10-3-4-11(15)12(16)7-10/h3-7H,8-9H2,1-2H3. The zero-order chi connectivity index (χ0) is 14.7. The van der Waals surface area contributed by atoms with Crippen molar-refractivity contribution in [3.8, 4) is 0 Å². The Balaban J connectivity index is 2.00. The molecular weight excluding hydrogens is 264 g/mol. The van der Waals surface area contributed by atoms with Gasteiger partial charge < -0.3 is 4.57 Å². The van der Waals surface area contributed by atoms with Gasteiger partial charge in [-0.05, 0) is 25.2 Å². The van der Waals surface area contributed by atoms with Gasteiger partial charge >= 0.3 is 0 Å². The van der Waals surface area contributed by atoms with E-state index in [1.807, 2.05) is 17.8 Å². The Kier molecular flexibility index (Phi) is 4.24. The molecule has 0 amide bonds. The van der Waals surface area contributed by atoms with Gasteiger partial charge in [-0.1, -0.05) is 0 Å². The van der Waals surface area contributed by atoms with E-state index < -0.39 is 11.6 Å². The van der Waals surface area contributed by atoms with Crippen LogP contribution in [0.5, 0.6) is 0 Å². The number of hydrogen-bond acceptors (Lipinski definition) is 3. The Morgan fingerprint density at radius 2 is 2.10 bits per heavy atom. The van der Waals surface area contributed by atoms with Crippen LogP contribution in [0.25, 0.3) is 0 Å². The summed E-state index contributed by atoms with van der Waals surface area (Å²) in [4.78, 5) is 17.9. The molecule has 106 valence electrons. The summed E-state index contributed by atoms with van der Waals surface area (Å²) in [5.74, 6) is -1.41. The number of imidazole rings is 1. The van der Waals surface area contributed by atoms with E-state index in [0.717, 1.165) is 18.0 Å². The van der Waals surface area contributed by atoms with E-state index in [9.17, 15) is 13.6 Å². The molecule has 0 aliphatic rings.